The summed E-state index contributed by atoms with van der Waals surface area (Å²) in [5.74, 6) is -0.354. The van der Waals surface area contributed by atoms with Gasteiger partial charge in [-0.25, -0.2) is 0 Å². The van der Waals surface area contributed by atoms with Crippen LogP contribution >= 0.6 is 11.6 Å². The largest absolute Gasteiger partial charge is 0.494 e. The number of nitrogens with zero attached hydrogens (tertiary/aromatic N) is 1. The lowest BCUT2D eigenvalue weighted by Crippen LogP contribution is -2.24. The van der Waals surface area contributed by atoms with Crippen molar-refractivity contribution in [1.29, 1.82) is 0 Å². The van der Waals surface area contributed by atoms with Gasteiger partial charge in [-0.3, -0.25) is 9.59 Å². The molecule has 24 heavy (non-hydrogen) atoms. The van der Waals surface area contributed by atoms with Crippen molar-refractivity contribution < 1.29 is 19.4 Å². The quantitative estimate of drug-likeness (QED) is 0.717. The number of carbonyl (C=O) groups is 2. The van der Waals surface area contributed by atoms with Gasteiger partial charge < -0.3 is 19.7 Å². The molecule has 0 saturated heterocycles. The molecule has 0 unspecified atom stereocenters. The van der Waals surface area contributed by atoms with Gasteiger partial charge in [0.25, 0.3) is 5.91 Å². The molecule has 0 atom stereocenters. The average Bonchev–Trinajstić information content (AvgIpc) is 2.89. The Kier molecular flexibility index (Phi) is 6.26. The molecule has 0 radical (unpaired) electrons. The summed E-state index contributed by atoms with van der Waals surface area (Å²) in [6, 6.07) is 8.91. The standard InChI is InChI=1S/C17H19ClN2O4/c1-20-11-13(18)9-15(20)17(23)19-10-12-4-6-14(7-5-12)24-8-2-3-16(21)22/h4-7,9,11H,2-3,8,10H2,1H3,(H,19,23)(H,21,22). The van der Waals surface area contributed by atoms with E-state index in [4.69, 9.17) is 21.4 Å². The lowest BCUT2D eigenvalue weighted by molar-refractivity contribution is -0.137. The summed E-state index contributed by atoms with van der Waals surface area (Å²) in [4.78, 5) is 22.5. The zero-order valence-corrected chi connectivity index (χ0v) is 14.0. The Morgan fingerprint density at radius 3 is 2.58 bits per heavy atom. The number of carboxylic acid groups (broad SMARTS) is 1. The second kappa shape index (κ2) is 8.40. The molecule has 2 rings (SSSR count). The molecule has 6 nitrogen and oxygen atoms in total. The van der Waals surface area contributed by atoms with Gasteiger partial charge in [-0.05, 0) is 30.2 Å². The van der Waals surface area contributed by atoms with Crippen molar-refractivity contribution in [3.8, 4) is 5.75 Å². The maximum absolute atomic E-state index is 12.1. The van der Waals surface area contributed by atoms with Gasteiger partial charge >= 0.3 is 5.97 Å². The summed E-state index contributed by atoms with van der Waals surface area (Å²) in [6.07, 6.45) is 2.23. The van der Waals surface area contributed by atoms with Crippen LogP contribution in [0.4, 0.5) is 0 Å². The number of halogens is 1. The van der Waals surface area contributed by atoms with Crippen molar-refractivity contribution in [3.63, 3.8) is 0 Å². The summed E-state index contributed by atoms with van der Waals surface area (Å²) in [7, 11) is 1.76. The number of aryl methyl sites for hydroxylation is 1. The van der Waals surface area contributed by atoms with Gasteiger partial charge in [-0.1, -0.05) is 23.7 Å². The summed E-state index contributed by atoms with van der Waals surface area (Å²) >= 11 is 5.87. The van der Waals surface area contributed by atoms with Crippen molar-refractivity contribution in [2.75, 3.05) is 6.61 Å². The number of benzene rings is 1. The van der Waals surface area contributed by atoms with E-state index in [0.717, 1.165) is 5.56 Å². The first-order valence-electron chi connectivity index (χ1n) is 7.49. The van der Waals surface area contributed by atoms with Crippen molar-refractivity contribution in [2.45, 2.75) is 19.4 Å². The molecule has 0 aliphatic carbocycles. The molecule has 0 spiro atoms. The molecular weight excluding hydrogens is 332 g/mol. The highest BCUT2D eigenvalue weighted by Gasteiger charge is 2.10. The van der Waals surface area contributed by atoms with E-state index in [1.165, 1.54) is 0 Å². The van der Waals surface area contributed by atoms with E-state index in [9.17, 15) is 9.59 Å². The number of amides is 1. The van der Waals surface area contributed by atoms with Crippen LogP contribution < -0.4 is 10.1 Å². The summed E-state index contributed by atoms with van der Waals surface area (Å²) in [6.45, 7) is 0.748. The number of ether oxygens (including phenoxy) is 1. The number of carbonyl (C=O) groups excluding carboxylic acids is 1. The van der Waals surface area contributed by atoms with E-state index in [-0.39, 0.29) is 12.3 Å². The second-order valence-corrected chi connectivity index (χ2v) is 5.76. The SMILES string of the molecule is Cn1cc(Cl)cc1C(=O)NCc1ccc(OCCCC(=O)O)cc1. The van der Waals surface area contributed by atoms with Crippen LogP contribution in [0.5, 0.6) is 5.75 Å². The average molecular weight is 351 g/mol. The minimum absolute atomic E-state index is 0.0906. The Balaban J connectivity index is 1.80. The fourth-order valence-electron chi connectivity index (χ4n) is 2.14. The molecule has 1 aromatic carbocycles. The van der Waals surface area contributed by atoms with Crippen LogP contribution in [0.1, 0.15) is 28.9 Å². The molecule has 0 saturated carbocycles. The third-order valence-corrected chi connectivity index (χ3v) is 3.59. The van der Waals surface area contributed by atoms with Crippen molar-refractivity contribution in [2.24, 2.45) is 7.05 Å². The predicted octanol–water partition coefficient (Wildman–Crippen LogP) is 2.85. The topological polar surface area (TPSA) is 80.6 Å². The number of hydrogen-bond donors (Lipinski definition) is 2. The highest BCUT2D eigenvalue weighted by Crippen LogP contribution is 2.14. The smallest absolute Gasteiger partial charge is 0.303 e. The van der Waals surface area contributed by atoms with Gasteiger partial charge in [0, 0.05) is 26.2 Å². The van der Waals surface area contributed by atoms with Gasteiger partial charge in [0.2, 0.25) is 0 Å². The van der Waals surface area contributed by atoms with Crippen LogP contribution in [-0.4, -0.2) is 28.2 Å². The number of aromatic nitrogens is 1. The Morgan fingerprint density at radius 1 is 1.29 bits per heavy atom. The van der Waals surface area contributed by atoms with Gasteiger partial charge in [0.15, 0.2) is 0 Å². The molecule has 2 N–H and O–H groups in total. The number of aliphatic carboxylic acids is 1. The van der Waals surface area contributed by atoms with E-state index in [2.05, 4.69) is 5.32 Å². The lowest BCUT2D eigenvalue weighted by atomic mass is 10.2. The number of hydrogen-bond acceptors (Lipinski definition) is 3. The highest BCUT2D eigenvalue weighted by molar-refractivity contribution is 6.31. The zero-order chi connectivity index (χ0) is 17.5. The molecule has 128 valence electrons. The van der Waals surface area contributed by atoms with Crippen molar-refractivity contribution in [3.05, 3.63) is 52.8 Å². The van der Waals surface area contributed by atoms with Crippen LogP contribution in [0.15, 0.2) is 36.5 Å². The maximum Gasteiger partial charge on any atom is 0.303 e. The van der Waals surface area contributed by atoms with E-state index in [0.29, 0.717) is 36.0 Å². The minimum Gasteiger partial charge on any atom is -0.494 e. The van der Waals surface area contributed by atoms with Crippen molar-refractivity contribution in [1.82, 2.24) is 9.88 Å². The van der Waals surface area contributed by atoms with E-state index >= 15 is 0 Å². The molecule has 2 aromatic rings. The van der Waals surface area contributed by atoms with Crippen LogP contribution in [0.25, 0.3) is 0 Å². The Labute approximate surface area is 145 Å². The first-order valence-corrected chi connectivity index (χ1v) is 7.87. The molecule has 7 heteroatoms. The first kappa shape index (κ1) is 17.9. The number of nitrogens with one attached hydrogen (secondary N) is 1. The highest BCUT2D eigenvalue weighted by atomic mass is 35.5. The van der Waals surface area contributed by atoms with E-state index in [1.54, 1.807) is 36.0 Å². The molecule has 1 amide bonds. The molecule has 0 bridgehead atoms. The predicted molar refractivity (Wildman–Crippen MR) is 90.4 cm³/mol. The van der Waals surface area contributed by atoms with Crippen LogP contribution in [-0.2, 0) is 18.4 Å². The van der Waals surface area contributed by atoms with Gasteiger partial charge in [-0.15, -0.1) is 0 Å². The van der Waals surface area contributed by atoms with Crippen LogP contribution in [0, 0.1) is 0 Å². The Hall–Kier alpha value is -2.47. The summed E-state index contributed by atoms with van der Waals surface area (Å²) in [5, 5.41) is 11.9. The van der Waals surface area contributed by atoms with Gasteiger partial charge in [-0.2, -0.15) is 0 Å². The molecular formula is C17H19ClN2O4. The number of rotatable bonds is 8. The molecule has 0 aliphatic rings. The third-order valence-electron chi connectivity index (χ3n) is 3.38. The zero-order valence-electron chi connectivity index (χ0n) is 13.3. The second-order valence-electron chi connectivity index (χ2n) is 5.33. The third kappa shape index (κ3) is 5.31. The molecule has 0 aliphatic heterocycles. The number of carboxylic acids is 1. The first-order chi connectivity index (χ1) is 11.5. The van der Waals surface area contributed by atoms with Crippen molar-refractivity contribution >= 4 is 23.5 Å². The fraction of sp³-hybridized carbons (Fsp3) is 0.294. The fourth-order valence-corrected chi connectivity index (χ4v) is 2.39. The monoisotopic (exact) mass is 350 g/mol. The maximum atomic E-state index is 12.1. The Morgan fingerprint density at radius 2 is 2.00 bits per heavy atom. The Bertz CT molecular complexity index is 710. The van der Waals surface area contributed by atoms with Crippen LogP contribution in [0.2, 0.25) is 5.02 Å². The normalized spacial score (nSPS) is 10.4. The lowest BCUT2D eigenvalue weighted by Gasteiger charge is -2.08. The minimum atomic E-state index is -0.829. The summed E-state index contributed by atoms with van der Waals surface area (Å²) < 4.78 is 7.13. The molecule has 1 heterocycles. The van der Waals surface area contributed by atoms with Gasteiger partial charge in [0.1, 0.15) is 11.4 Å². The summed E-state index contributed by atoms with van der Waals surface area (Å²) in [5.41, 5.74) is 1.43. The van der Waals surface area contributed by atoms with Crippen LogP contribution in [0.3, 0.4) is 0 Å². The van der Waals surface area contributed by atoms with Gasteiger partial charge in [0.05, 0.1) is 11.6 Å². The molecule has 0 fully saturated rings. The van der Waals surface area contributed by atoms with E-state index < -0.39 is 5.97 Å². The molecule has 1 aromatic heterocycles. The van der Waals surface area contributed by atoms with E-state index in [1.807, 2.05) is 12.1 Å².